The van der Waals surface area contributed by atoms with Crippen molar-refractivity contribution in [1.82, 2.24) is 4.90 Å². The van der Waals surface area contributed by atoms with Crippen LogP contribution in [0.25, 0.3) is 0 Å². The fraction of sp³-hybridized carbons (Fsp3) is 0.600. The van der Waals surface area contributed by atoms with Crippen LogP contribution in [0, 0.1) is 5.92 Å². The maximum atomic E-state index is 12.5. The lowest BCUT2D eigenvalue weighted by Crippen LogP contribution is -2.43. The molecule has 5 nitrogen and oxygen atoms in total. The third-order valence-electron chi connectivity index (χ3n) is 4.36. The minimum absolute atomic E-state index is 0.167. The van der Waals surface area contributed by atoms with Crippen LogP contribution in [0.5, 0.6) is 0 Å². The van der Waals surface area contributed by atoms with Crippen molar-refractivity contribution < 1.29 is 19.1 Å². The lowest BCUT2D eigenvalue weighted by atomic mass is 9.80. The van der Waals surface area contributed by atoms with E-state index in [1.165, 1.54) is 0 Å². The van der Waals surface area contributed by atoms with Crippen molar-refractivity contribution in [2.75, 3.05) is 19.7 Å². The van der Waals surface area contributed by atoms with Crippen LogP contribution in [0.2, 0.25) is 0 Å². The van der Waals surface area contributed by atoms with Gasteiger partial charge in [-0.15, -0.1) is 0 Å². The summed E-state index contributed by atoms with van der Waals surface area (Å²) in [7, 11) is 0. The fourth-order valence-corrected chi connectivity index (χ4v) is 3.23. The second kappa shape index (κ2) is 8.37. The van der Waals surface area contributed by atoms with E-state index in [9.17, 15) is 9.59 Å². The van der Waals surface area contributed by atoms with E-state index in [2.05, 4.69) is 0 Å². The fourth-order valence-electron chi connectivity index (χ4n) is 3.23. The molecule has 1 atom stereocenters. The first-order chi connectivity index (χ1) is 11.8. The van der Waals surface area contributed by atoms with Crippen LogP contribution in [0.1, 0.15) is 52.0 Å². The molecule has 1 aromatic carbocycles. The zero-order chi connectivity index (χ0) is 18.4. The van der Waals surface area contributed by atoms with Gasteiger partial charge in [-0.1, -0.05) is 30.3 Å². The Kier molecular flexibility index (Phi) is 6.45. The molecule has 5 heteroatoms. The Morgan fingerprint density at radius 2 is 1.76 bits per heavy atom. The molecule has 25 heavy (non-hydrogen) atoms. The van der Waals surface area contributed by atoms with E-state index in [1.807, 2.05) is 58.0 Å². The number of piperidine rings is 1. The number of carbonyl (C=O) groups excluding carboxylic acids is 2. The summed E-state index contributed by atoms with van der Waals surface area (Å²) in [5, 5.41) is 0. The lowest BCUT2D eigenvalue weighted by Gasteiger charge is -2.36. The summed E-state index contributed by atoms with van der Waals surface area (Å²) in [6.45, 7) is 8.99. The SMILES string of the molecule is CCOC(=O)C(c1ccccc1)C1CCN(C(=O)OC(C)(C)C)CC1. The van der Waals surface area contributed by atoms with Gasteiger partial charge in [0.15, 0.2) is 0 Å². The molecule has 0 bridgehead atoms. The summed E-state index contributed by atoms with van der Waals surface area (Å²) in [5.41, 5.74) is 0.488. The van der Waals surface area contributed by atoms with Crippen molar-refractivity contribution in [3.8, 4) is 0 Å². The van der Waals surface area contributed by atoms with Crippen LogP contribution in [-0.2, 0) is 14.3 Å². The molecule has 1 aliphatic rings. The minimum atomic E-state index is -0.495. The highest BCUT2D eigenvalue weighted by Gasteiger charge is 2.35. The smallest absolute Gasteiger partial charge is 0.410 e. The topological polar surface area (TPSA) is 55.8 Å². The van der Waals surface area contributed by atoms with Gasteiger partial charge in [0.25, 0.3) is 0 Å². The number of esters is 1. The molecule has 1 saturated heterocycles. The number of hydrogen-bond donors (Lipinski definition) is 0. The standard InChI is InChI=1S/C20H29NO4/c1-5-24-18(22)17(15-9-7-6-8-10-15)16-11-13-21(14-12-16)19(23)25-20(2,3)4/h6-10,16-17H,5,11-14H2,1-4H3. The van der Waals surface area contributed by atoms with Gasteiger partial charge in [0.2, 0.25) is 0 Å². The van der Waals surface area contributed by atoms with Crippen molar-refractivity contribution in [1.29, 1.82) is 0 Å². The van der Waals surface area contributed by atoms with Crippen molar-refractivity contribution in [2.45, 2.75) is 52.1 Å². The average molecular weight is 347 g/mol. The number of amides is 1. The quantitative estimate of drug-likeness (QED) is 0.773. The summed E-state index contributed by atoms with van der Waals surface area (Å²) in [6.07, 6.45) is 1.24. The molecular formula is C20H29NO4. The third-order valence-corrected chi connectivity index (χ3v) is 4.36. The maximum absolute atomic E-state index is 12.5. The van der Waals surface area contributed by atoms with Gasteiger partial charge in [-0.3, -0.25) is 4.79 Å². The van der Waals surface area contributed by atoms with Crippen LogP contribution < -0.4 is 0 Å². The lowest BCUT2D eigenvalue weighted by molar-refractivity contribution is -0.146. The highest BCUT2D eigenvalue weighted by atomic mass is 16.6. The van der Waals surface area contributed by atoms with E-state index in [0.29, 0.717) is 19.7 Å². The number of likely N-dealkylation sites (tertiary alicyclic amines) is 1. The summed E-state index contributed by atoms with van der Waals surface area (Å²) in [5.74, 6) is -0.286. The third kappa shape index (κ3) is 5.48. The molecule has 138 valence electrons. The van der Waals surface area contributed by atoms with Crippen molar-refractivity contribution in [2.24, 2.45) is 5.92 Å². The molecule has 0 N–H and O–H groups in total. The van der Waals surface area contributed by atoms with Gasteiger partial charge in [0, 0.05) is 13.1 Å². The van der Waals surface area contributed by atoms with E-state index in [-0.39, 0.29) is 23.9 Å². The van der Waals surface area contributed by atoms with E-state index < -0.39 is 5.60 Å². The molecular weight excluding hydrogens is 318 g/mol. The summed E-state index contributed by atoms with van der Waals surface area (Å²) >= 11 is 0. The number of nitrogens with zero attached hydrogens (tertiary/aromatic N) is 1. The second-order valence-corrected chi connectivity index (χ2v) is 7.45. The van der Waals surface area contributed by atoms with Gasteiger partial charge < -0.3 is 14.4 Å². The van der Waals surface area contributed by atoms with Crippen LogP contribution in [0.3, 0.4) is 0 Å². The number of rotatable bonds is 4. The zero-order valence-electron chi connectivity index (χ0n) is 15.7. The first kappa shape index (κ1) is 19.3. The first-order valence-corrected chi connectivity index (χ1v) is 9.01. The molecule has 0 radical (unpaired) electrons. The first-order valence-electron chi connectivity index (χ1n) is 9.01. The Morgan fingerprint density at radius 3 is 2.28 bits per heavy atom. The normalized spacial score (nSPS) is 17.0. The van der Waals surface area contributed by atoms with E-state index in [4.69, 9.17) is 9.47 Å². The number of carbonyl (C=O) groups is 2. The Morgan fingerprint density at radius 1 is 1.16 bits per heavy atom. The molecule has 0 spiro atoms. The average Bonchev–Trinajstić information content (AvgIpc) is 2.55. The van der Waals surface area contributed by atoms with Crippen LogP contribution in [0.15, 0.2) is 30.3 Å². The van der Waals surface area contributed by atoms with E-state index in [1.54, 1.807) is 4.90 Å². The minimum Gasteiger partial charge on any atom is -0.466 e. The van der Waals surface area contributed by atoms with Crippen molar-refractivity contribution in [3.05, 3.63) is 35.9 Å². The van der Waals surface area contributed by atoms with E-state index >= 15 is 0 Å². The number of ether oxygens (including phenoxy) is 2. The number of benzene rings is 1. The Hall–Kier alpha value is -2.04. The number of hydrogen-bond acceptors (Lipinski definition) is 4. The molecule has 1 aromatic rings. The Bertz CT molecular complexity index is 571. The van der Waals surface area contributed by atoms with Crippen LogP contribution in [0.4, 0.5) is 4.79 Å². The summed E-state index contributed by atoms with van der Waals surface area (Å²) < 4.78 is 10.7. The van der Waals surface area contributed by atoms with Crippen molar-refractivity contribution >= 4 is 12.1 Å². The van der Waals surface area contributed by atoms with Crippen LogP contribution >= 0.6 is 0 Å². The largest absolute Gasteiger partial charge is 0.466 e. The van der Waals surface area contributed by atoms with Gasteiger partial charge in [0.05, 0.1) is 12.5 Å². The molecule has 0 aliphatic carbocycles. The van der Waals surface area contributed by atoms with Gasteiger partial charge in [0.1, 0.15) is 5.60 Å². The van der Waals surface area contributed by atoms with E-state index in [0.717, 1.165) is 18.4 Å². The molecule has 1 amide bonds. The molecule has 0 aromatic heterocycles. The Balaban J connectivity index is 2.04. The molecule has 1 unspecified atom stereocenters. The predicted octanol–water partition coefficient (Wildman–Crippen LogP) is 3.98. The van der Waals surface area contributed by atoms with Crippen molar-refractivity contribution in [3.63, 3.8) is 0 Å². The zero-order valence-corrected chi connectivity index (χ0v) is 15.7. The summed E-state index contributed by atoms with van der Waals surface area (Å²) in [6, 6.07) is 9.77. The maximum Gasteiger partial charge on any atom is 0.410 e. The monoisotopic (exact) mass is 347 g/mol. The molecule has 2 rings (SSSR count). The summed E-state index contributed by atoms with van der Waals surface area (Å²) in [4.78, 5) is 26.5. The van der Waals surface area contributed by atoms with Gasteiger partial charge in [-0.2, -0.15) is 0 Å². The molecule has 0 saturated carbocycles. The highest BCUT2D eigenvalue weighted by Crippen LogP contribution is 2.34. The highest BCUT2D eigenvalue weighted by molar-refractivity contribution is 5.78. The molecule has 1 aliphatic heterocycles. The Labute approximate surface area is 150 Å². The van der Waals surface area contributed by atoms with Gasteiger partial charge >= 0.3 is 12.1 Å². The van der Waals surface area contributed by atoms with Crippen LogP contribution in [-0.4, -0.2) is 42.3 Å². The molecule has 1 fully saturated rings. The van der Waals surface area contributed by atoms with Gasteiger partial charge in [-0.25, -0.2) is 4.79 Å². The predicted molar refractivity (Wildman–Crippen MR) is 96.3 cm³/mol. The van der Waals surface area contributed by atoms with Gasteiger partial charge in [-0.05, 0) is 52.0 Å². The second-order valence-electron chi connectivity index (χ2n) is 7.45. The molecule has 1 heterocycles.